The number of H-pyrrole nitrogens is 1. The molecule has 3 heterocycles. The Hall–Kier alpha value is -2.68. The maximum atomic E-state index is 4.85. The number of hydrogen-bond acceptors (Lipinski definition) is 6. The summed E-state index contributed by atoms with van der Waals surface area (Å²) in [7, 11) is 0. The Labute approximate surface area is 211 Å². The van der Waals surface area contributed by atoms with E-state index in [-0.39, 0.29) is 17.0 Å². The van der Waals surface area contributed by atoms with Crippen molar-refractivity contribution in [3.8, 4) is 0 Å². The van der Waals surface area contributed by atoms with E-state index in [1.54, 1.807) is 12.4 Å². The maximum absolute atomic E-state index is 4.85. The molecule has 0 spiro atoms. The average Bonchev–Trinajstić information content (AvgIpc) is 3.28. The Kier molecular flexibility index (Phi) is 8.73. The van der Waals surface area contributed by atoms with Crippen molar-refractivity contribution in [3.05, 3.63) is 84.0 Å². The summed E-state index contributed by atoms with van der Waals surface area (Å²) in [6.07, 6.45) is 11.2. The zero-order valence-electron chi connectivity index (χ0n) is 19.4. The van der Waals surface area contributed by atoms with Crippen LogP contribution in [0.4, 0.5) is 0 Å². The van der Waals surface area contributed by atoms with Crippen molar-refractivity contribution in [1.82, 2.24) is 35.1 Å². The number of rotatable bonds is 10. The lowest BCUT2D eigenvalue weighted by Crippen LogP contribution is -2.33. The topological polar surface area (TPSA) is 82.6 Å². The molecule has 1 unspecified atom stereocenters. The molecule has 0 amide bonds. The molecule has 4 aromatic rings. The predicted octanol–water partition coefficient (Wildman–Crippen LogP) is 4.78. The number of para-hydroxylation sites is 2. The number of nitrogens with zero attached hydrogens (tertiary/aromatic N) is 5. The van der Waals surface area contributed by atoms with Crippen molar-refractivity contribution >= 4 is 28.0 Å². The van der Waals surface area contributed by atoms with Gasteiger partial charge < -0.3 is 10.3 Å². The van der Waals surface area contributed by atoms with Crippen molar-refractivity contribution in [2.75, 3.05) is 13.1 Å². The van der Waals surface area contributed by atoms with Crippen LogP contribution < -0.4 is 5.32 Å². The van der Waals surface area contributed by atoms with Gasteiger partial charge in [-0.1, -0.05) is 18.2 Å². The first-order chi connectivity index (χ1) is 16.4. The first-order valence-electron chi connectivity index (χ1n) is 11.9. The third kappa shape index (κ3) is 6.05. The number of nitrogens with one attached hydrogen (secondary N) is 2. The molecule has 0 fully saturated rings. The zero-order chi connectivity index (χ0) is 22.3. The van der Waals surface area contributed by atoms with E-state index in [4.69, 9.17) is 9.97 Å². The van der Waals surface area contributed by atoms with Crippen LogP contribution in [-0.4, -0.2) is 42.9 Å². The van der Waals surface area contributed by atoms with Gasteiger partial charge in [-0.2, -0.15) is 0 Å². The Bertz CT molecular complexity index is 1130. The van der Waals surface area contributed by atoms with Crippen molar-refractivity contribution in [3.63, 3.8) is 0 Å². The minimum absolute atomic E-state index is 0. The van der Waals surface area contributed by atoms with Crippen molar-refractivity contribution in [2.24, 2.45) is 0 Å². The minimum Gasteiger partial charge on any atom is -0.341 e. The number of imidazole rings is 1. The molecule has 0 radical (unpaired) electrons. The highest BCUT2D eigenvalue weighted by molar-refractivity contribution is 8.93. The summed E-state index contributed by atoms with van der Waals surface area (Å²) < 4.78 is 0. The smallest absolute Gasteiger partial charge is 0.141 e. The molecule has 3 aromatic heterocycles. The maximum Gasteiger partial charge on any atom is 0.141 e. The second-order valence-corrected chi connectivity index (χ2v) is 8.68. The number of aromatic amines is 1. The molecule has 2 N–H and O–H groups in total. The van der Waals surface area contributed by atoms with Gasteiger partial charge in [0.2, 0.25) is 0 Å². The molecule has 34 heavy (non-hydrogen) atoms. The van der Waals surface area contributed by atoms with E-state index in [1.807, 2.05) is 18.3 Å². The van der Waals surface area contributed by atoms with Crippen LogP contribution in [0.5, 0.6) is 0 Å². The number of pyridine rings is 1. The molecule has 1 atom stereocenters. The second kappa shape index (κ2) is 12.1. The van der Waals surface area contributed by atoms with E-state index < -0.39 is 0 Å². The number of aryl methyl sites for hydroxylation is 1. The Morgan fingerprint density at radius 2 is 1.82 bits per heavy atom. The van der Waals surface area contributed by atoms with Gasteiger partial charge in [0.05, 0.1) is 35.9 Å². The lowest BCUT2D eigenvalue weighted by molar-refractivity contribution is 0.159. The van der Waals surface area contributed by atoms with E-state index in [9.17, 15) is 0 Å². The first kappa shape index (κ1) is 24.4. The summed E-state index contributed by atoms with van der Waals surface area (Å²) in [6.45, 7) is 3.49. The van der Waals surface area contributed by atoms with E-state index in [1.165, 1.54) is 17.7 Å². The predicted molar refractivity (Wildman–Crippen MR) is 140 cm³/mol. The molecule has 0 bridgehead atoms. The van der Waals surface area contributed by atoms with E-state index >= 15 is 0 Å². The van der Waals surface area contributed by atoms with Crippen molar-refractivity contribution < 1.29 is 0 Å². The van der Waals surface area contributed by atoms with Gasteiger partial charge in [-0.3, -0.25) is 9.88 Å². The molecule has 1 aromatic carbocycles. The third-order valence-corrected chi connectivity index (χ3v) is 6.35. The van der Waals surface area contributed by atoms with Crippen LogP contribution in [-0.2, 0) is 19.5 Å². The molecule has 8 heteroatoms. The van der Waals surface area contributed by atoms with Crippen LogP contribution >= 0.6 is 17.0 Å². The molecule has 5 rings (SSSR count). The van der Waals surface area contributed by atoms with Gasteiger partial charge in [-0.25, -0.2) is 15.0 Å². The second-order valence-electron chi connectivity index (χ2n) is 8.68. The Morgan fingerprint density at radius 3 is 2.71 bits per heavy atom. The van der Waals surface area contributed by atoms with Gasteiger partial charge in [0, 0.05) is 18.6 Å². The summed E-state index contributed by atoms with van der Waals surface area (Å²) in [4.78, 5) is 24.3. The van der Waals surface area contributed by atoms with Crippen LogP contribution in [0.25, 0.3) is 11.0 Å². The monoisotopic (exact) mass is 521 g/mol. The van der Waals surface area contributed by atoms with Crippen LogP contribution in [0.2, 0.25) is 0 Å². The summed E-state index contributed by atoms with van der Waals surface area (Å²) in [5.74, 6) is 1.87. The van der Waals surface area contributed by atoms with E-state index in [0.29, 0.717) is 12.6 Å². The Morgan fingerprint density at radius 1 is 0.971 bits per heavy atom. The van der Waals surface area contributed by atoms with Crippen LogP contribution in [0.3, 0.4) is 0 Å². The van der Waals surface area contributed by atoms with Gasteiger partial charge in [0.15, 0.2) is 0 Å². The number of hydrogen-bond donors (Lipinski definition) is 2. The molecule has 1 aliphatic rings. The zero-order valence-corrected chi connectivity index (χ0v) is 21.1. The molecule has 7 nitrogen and oxygen atoms in total. The SMILES string of the molecule is Br.c1cnc(CNCCCCN(Cc2nc3ccccc3[nH]2)C2CCCc3cccnc32)nc1. The normalized spacial score (nSPS) is 15.3. The Balaban J connectivity index is 0.00000274. The number of fused-ring (bicyclic) bond motifs is 2. The number of unbranched alkanes of at least 4 members (excludes halogenated alkanes) is 1. The summed E-state index contributed by atoms with van der Waals surface area (Å²) in [5.41, 5.74) is 4.77. The third-order valence-electron chi connectivity index (χ3n) is 6.35. The summed E-state index contributed by atoms with van der Waals surface area (Å²) >= 11 is 0. The largest absolute Gasteiger partial charge is 0.341 e. The highest BCUT2D eigenvalue weighted by Crippen LogP contribution is 2.33. The van der Waals surface area contributed by atoms with E-state index in [2.05, 4.69) is 55.5 Å². The van der Waals surface area contributed by atoms with Gasteiger partial charge in [-0.05, 0) is 75.0 Å². The van der Waals surface area contributed by atoms with Gasteiger partial charge in [0.25, 0.3) is 0 Å². The standard InChI is InChI=1S/C26H31N7.BrH/c1-2-11-22-21(10-1)31-25(32-22)19-33(23-12-5-8-20-9-6-14-30-26(20)23)17-4-3-13-27-18-24-28-15-7-16-29-24;/h1-2,6-7,9-11,14-16,23,27H,3-5,8,12-13,17-19H2,(H,31,32);1H. The fraction of sp³-hybridized carbons (Fsp3) is 0.385. The molecule has 0 aliphatic heterocycles. The van der Waals surface area contributed by atoms with Crippen LogP contribution in [0.1, 0.15) is 54.6 Å². The summed E-state index contributed by atoms with van der Waals surface area (Å²) in [5, 5.41) is 3.46. The molecule has 178 valence electrons. The van der Waals surface area contributed by atoms with E-state index in [0.717, 1.165) is 68.0 Å². The van der Waals surface area contributed by atoms with Gasteiger partial charge in [-0.15, -0.1) is 17.0 Å². The molecular weight excluding hydrogens is 490 g/mol. The molecule has 0 saturated heterocycles. The fourth-order valence-electron chi connectivity index (χ4n) is 4.74. The fourth-order valence-corrected chi connectivity index (χ4v) is 4.74. The highest BCUT2D eigenvalue weighted by atomic mass is 79.9. The van der Waals surface area contributed by atoms with Gasteiger partial charge >= 0.3 is 0 Å². The number of aromatic nitrogens is 5. The van der Waals surface area contributed by atoms with Crippen LogP contribution in [0, 0.1) is 0 Å². The number of benzene rings is 1. The highest BCUT2D eigenvalue weighted by Gasteiger charge is 2.27. The van der Waals surface area contributed by atoms with Gasteiger partial charge in [0.1, 0.15) is 11.6 Å². The number of halogens is 1. The quantitative estimate of drug-likeness (QED) is 0.292. The lowest BCUT2D eigenvalue weighted by Gasteiger charge is -2.34. The molecule has 0 saturated carbocycles. The first-order valence-corrected chi connectivity index (χ1v) is 11.9. The molecule has 1 aliphatic carbocycles. The lowest BCUT2D eigenvalue weighted by atomic mass is 9.90. The summed E-state index contributed by atoms with van der Waals surface area (Å²) in [6, 6.07) is 14.7. The van der Waals surface area contributed by atoms with Crippen molar-refractivity contribution in [1.29, 1.82) is 0 Å². The van der Waals surface area contributed by atoms with Crippen molar-refractivity contribution in [2.45, 2.75) is 51.2 Å². The minimum atomic E-state index is 0. The average molecular weight is 522 g/mol. The molecular formula is C26H32BrN7. The van der Waals surface area contributed by atoms with Crippen LogP contribution in [0.15, 0.2) is 61.1 Å².